The van der Waals surface area contributed by atoms with Gasteiger partial charge in [-0.25, -0.2) is 9.78 Å². The number of carbonyl (C=O) groups excluding carboxylic acids is 1. The van der Waals surface area contributed by atoms with Crippen LogP contribution in [0.5, 0.6) is 0 Å². The average molecular weight is 449 g/mol. The second-order valence-electron chi connectivity index (χ2n) is 9.85. The maximum atomic E-state index is 13.1. The van der Waals surface area contributed by atoms with Gasteiger partial charge >= 0.3 is 6.09 Å². The topological polar surface area (TPSA) is 77.3 Å². The number of anilines is 1. The highest BCUT2D eigenvalue weighted by Gasteiger charge is 2.25. The molecule has 0 atom stereocenters. The summed E-state index contributed by atoms with van der Waals surface area (Å²) >= 11 is 0. The lowest BCUT2D eigenvalue weighted by molar-refractivity contribution is 0.0577. The summed E-state index contributed by atoms with van der Waals surface area (Å²) < 4.78 is 7.11. The number of rotatable bonds is 4. The molecule has 3 aromatic rings. The fourth-order valence-corrected chi connectivity index (χ4v) is 4.31. The van der Waals surface area contributed by atoms with Crippen molar-refractivity contribution in [2.75, 3.05) is 4.90 Å². The monoisotopic (exact) mass is 448 g/mol. The van der Waals surface area contributed by atoms with Crippen molar-refractivity contribution in [3.63, 3.8) is 0 Å². The lowest BCUT2D eigenvalue weighted by Gasteiger charge is -2.27. The van der Waals surface area contributed by atoms with Gasteiger partial charge in [0.2, 0.25) is 0 Å². The van der Waals surface area contributed by atoms with Gasteiger partial charge in [-0.05, 0) is 69.4 Å². The van der Waals surface area contributed by atoms with Crippen LogP contribution in [0.25, 0.3) is 10.9 Å². The van der Waals surface area contributed by atoms with Gasteiger partial charge in [0.05, 0.1) is 29.5 Å². The molecule has 1 aliphatic carbocycles. The van der Waals surface area contributed by atoms with E-state index in [-0.39, 0.29) is 12.1 Å². The third-order valence-electron chi connectivity index (χ3n) is 6.07. The molecule has 2 heterocycles. The molecule has 174 valence electrons. The summed E-state index contributed by atoms with van der Waals surface area (Å²) in [6.45, 7) is 5.78. The fourth-order valence-electron chi connectivity index (χ4n) is 4.31. The maximum absolute atomic E-state index is 13.1. The summed E-state index contributed by atoms with van der Waals surface area (Å²) in [5.74, 6) is 0.580. The first-order valence-corrected chi connectivity index (χ1v) is 11.6. The van der Waals surface area contributed by atoms with Gasteiger partial charge in [0.25, 0.3) is 5.56 Å². The van der Waals surface area contributed by atoms with Gasteiger partial charge in [-0.3, -0.25) is 14.7 Å². The number of ether oxygens (including phenoxy) is 1. The normalized spacial score (nSPS) is 14.9. The lowest BCUT2D eigenvalue weighted by Crippen LogP contribution is -2.36. The van der Waals surface area contributed by atoms with E-state index >= 15 is 0 Å². The molecule has 33 heavy (non-hydrogen) atoms. The number of aryl methyl sites for hydroxylation is 1. The Balaban J connectivity index is 1.64. The van der Waals surface area contributed by atoms with Crippen LogP contribution in [0.3, 0.4) is 0 Å². The minimum atomic E-state index is -0.640. The molecule has 0 bridgehead atoms. The van der Waals surface area contributed by atoms with Crippen LogP contribution in [0.1, 0.15) is 70.1 Å². The number of hydrogen-bond donors (Lipinski definition) is 0. The Bertz CT molecular complexity index is 1190. The zero-order valence-electron chi connectivity index (χ0n) is 19.9. The van der Waals surface area contributed by atoms with Crippen LogP contribution >= 0.6 is 0 Å². The number of carbonyl (C=O) groups is 1. The number of aromatic nitrogens is 3. The Kier molecular flexibility index (Phi) is 6.49. The summed E-state index contributed by atoms with van der Waals surface area (Å²) in [6, 6.07) is 9.34. The molecular weight excluding hydrogens is 416 g/mol. The van der Waals surface area contributed by atoms with Gasteiger partial charge in [-0.1, -0.05) is 25.3 Å². The van der Waals surface area contributed by atoms with Crippen molar-refractivity contribution >= 4 is 22.7 Å². The summed E-state index contributed by atoms with van der Waals surface area (Å²) in [5.41, 5.74) is 2.42. The third-order valence-corrected chi connectivity index (χ3v) is 6.07. The zero-order chi connectivity index (χ0) is 23.6. The fraction of sp³-hybridized carbons (Fsp3) is 0.462. The summed E-state index contributed by atoms with van der Waals surface area (Å²) in [6.07, 6.45) is 9.27. The first-order valence-electron chi connectivity index (χ1n) is 11.6. The second kappa shape index (κ2) is 9.33. The van der Waals surface area contributed by atoms with E-state index in [9.17, 15) is 9.59 Å². The molecular formula is C26H32N4O3. The van der Waals surface area contributed by atoms with E-state index in [1.54, 1.807) is 30.1 Å². The van der Waals surface area contributed by atoms with Crippen molar-refractivity contribution in [2.45, 2.75) is 70.9 Å². The van der Waals surface area contributed by atoms with Gasteiger partial charge in [0, 0.05) is 18.9 Å². The Morgan fingerprint density at radius 2 is 1.88 bits per heavy atom. The Labute approximate surface area is 194 Å². The van der Waals surface area contributed by atoms with Gasteiger partial charge < -0.3 is 9.30 Å². The number of benzene rings is 1. The van der Waals surface area contributed by atoms with Gasteiger partial charge in [-0.2, -0.15) is 0 Å². The molecule has 0 unspecified atom stereocenters. The summed E-state index contributed by atoms with van der Waals surface area (Å²) in [4.78, 5) is 36.1. The molecule has 1 saturated carbocycles. The summed E-state index contributed by atoms with van der Waals surface area (Å²) in [7, 11) is 1.67. The van der Waals surface area contributed by atoms with E-state index in [0.29, 0.717) is 22.5 Å². The van der Waals surface area contributed by atoms with E-state index in [1.165, 1.54) is 48.6 Å². The molecule has 1 amide bonds. The average Bonchev–Trinajstić information content (AvgIpc) is 2.79. The standard InChI is InChI=1S/C26H32N4O3/c1-26(2,3)33-25(32)30(21-12-13-22-23(14-21)28-17-29(4)24(22)31)16-20-11-10-19(15-27-20)18-8-6-5-7-9-18/h10-15,17-18H,5-9,16H2,1-4H3. The number of nitrogens with zero attached hydrogens (tertiary/aromatic N) is 4. The van der Waals surface area contributed by atoms with E-state index in [1.807, 2.05) is 33.0 Å². The van der Waals surface area contributed by atoms with Gasteiger partial charge in [0.1, 0.15) is 5.60 Å². The van der Waals surface area contributed by atoms with E-state index < -0.39 is 11.7 Å². The van der Waals surface area contributed by atoms with Gasteiger partial charge in [0.15, 0.2) is 0 Å². The first-order chi connectivity index (χ1) is 15.7. The van der Waals surface area contributed by atoms with Crippen molar-refractivity contribution in [2.24, 2.45) is 7.05 Å². The molecule has 1 aromatic carbocycles. The highest BCUT2D eigenvalue weighted by atomic mass is 16.6. The van der Waals surface area contributed by atoms with Crippen LogP contribution in [0.15, 0.2) is 47.7 Å². The van der Waals surface area contributed by atoms with Crippen LogP contribution in [0.2, 0.25) is 0 Å². The molecule has 0 saturated heterocycles. The smallest absolute Gasteiger partial charge is 0.415 e. The zero-order valence-corrected chi connectivity index (χ0v) is 19.9. The van der Waals surface area contributed by atoms with Crippen LogP contribution < -0.4 is 10.5 Å². The quantitative estimate of drug-likeness (QED) is 0.540. The predicted octanol–water partition coefficient (Wildman–Crippen LogP) is 5.32. The first kappa shape index (κ1) is 23.0. The molecule has 7 heteroatoms. The molecule has 1 fully saturated rings. The van der Waals surface area contributed by atoms with Crippen molar-refractivity contribution in [3.05, 3.63) is 64.5 Å². The number of fused-ring (bicyclic) bond motifs is 1. The molecule has 4 rings (SSSR count). The van der Waals surface area contributed by atoms with Crippen LogP contribution in [0.4, 0.5) is 10.5 Å². The number of amides is 1. The van der Waals surface area contributed by atoms with Crippen LogP contribution in [-0.2, 0) is 18.3 Å². The van der Waals surface area contributed by atoms with Crippen LogP contribution in [-0.4, -0.2) is 26.2 Å². The molecule has 0 radical (unpaired) electrons. The van der Waals surface area contributed by atoms with Crippen molar-refractivity contribution in [1.82, 2.24) is 14.5 Å². The second-order valence-corrected chi connectivity index (χ2v) is 9.85. The van der Waals surface area contributed by atoms with Crippen LogP contribution in [0, 0.1) is 0 Å². The predicted molar refractivity (Wildman–Crippen MR) is 129 cm³/mol. The van der Waals surface area contributed by atoms with Crippen molar-refractivity contribution in [1.29, 1.82) is 0 Å². The van der Waals surface area contributed by atoms with Crippen molar-refractivity contribution < 1.29 is 9.53 Å². The number of hydrogen-bond acceptors (Lipinski definition) is 5. The minimum absolute atomic E-state index is 0.129. The van der Waals surface area contributed by atoms with Crippen molar-refractivity contribution in [3.8, 4) is 0 Å². The van der Waals surface area contributed by atoms with E-state index in [4.69, 9.17) is 4.74 Å². The largest absolute Gasteiger partial charge is 0.443 e. The highest BCUT2D eigenvalue weighted by Crippen LogP contribution is 2.32. The Morgan fingerprint density at radius 3 is 2.55 bits per heavy atom. The van der Waals surface area contributed by atoms with Gasteiger partial charge in [-0.15, -0.1) is 0 Å². The maximum Gasteiger partial charge on any atom is 0.415 e. The SMILES string of the molecule is Cn1cnc2cc(N(Cc3ccc(C4CCCCC4)cn3)C(=O)OC(C)(C)C)ccc2c1=O. The summed E-state index contributed by atoms with van der Waals surface area (Å²) in [5, 5.41) is 0.503. The minimum Gasteiger partial charge on any atom is -0.443 e. The third kappa shape index (κ3) is 5.41. The van der Waals surface area contributed by atoms with E-state index in [2.05, 4.69) is 16.0 Å². The van der Waals surface area contributed by atoms with E-state index in [0.717, 1.165) is 5.69 Å². The molecule has 0 N–H and O–H groups in total. The molecule has 0 spiro atoms. The highest BCUT2D eigenvalue weighted by molar-refractivity contribution is 5.91. The Hall–Kier alpha value is -3.22. The number of pyridine rings is 1. The lowest BCUT2D eigenvalue weighted by atomic mass is 9.85. The Morgan fingerprint density at radius 1 is 1.12 bits per heavy atom. The molecule has 0 aliphatic heterocycles. The molecule has 7 nitrogen and oxygen atoms in total. The molecule has 2 aromatic heterocycles. The molecule has 1 aliphatic rings.